The third-order valence-corrected chi connectivity index (χ3v) is 6.51. The van der Waals surface area contributed by atoms with Gasteiger partial charge in [-0.25, -0.2) is 8.42 Å². The van der Waals surface area contributed by atoms with E-state index in [1.807, 2.05) is 13.0 Å². The summed E-state index contributed by atoms with van der Waals surface area (Å²) in [4.78, 5) is 1.02. The van der Waals surface area contributed by atoms with Gasteiger partial charge in [0.15, 0.2) is 0 Å². The maximum atomic E-state index is 12.5. The number of hydrogen-bond donors (Lipinski definition) is 1. The predicted molar refractivity (Wildman–Crippen MR) is 82.6 cm³/mol. The van der Waals surface area contributed by atoms with Crippen LogP contribution in [-0.4, -0.2) is 45.6 Å². The topological polar surface area (TPSA) is 58.6 Å². The Balaban J connectivity index is 2.82. The van der Waals surface area contributed by atoms with E-state index in [-0.39, 0.29) is 6.04 Å². The van der Waals surface area contributed by atoms with Gasteiger partial charge in [0, 0.05) is 37.7 Å². The third kappa shape index (κ3) is 4.53. The van der Waals surface area contributed by atoms with E-state index >= 15 is 0 Å². The molecule has 0 saturated carbocycles. The van der Waals surface area contributed by atoms with Crippen molar-refractivity contribution < 1.29 is 13.2 Å². The standard InChI is InChI=1S/C13H24N2O3S2/c1-10(2)14-8-12-6-7-13(19-12)20(16,17)15(4)11(3)9-18-5/h6-7,10-11,14H,8-9H2,1-5H3. The van der Waals surface area contributed by atoms with Gasteiger partial charge in [0.25, 0.3) is 10.0 Å². The van der Waals surface area contributed by atoms with Crippen molar-refractivity contribution in [2.24, 2.45) is 0 Å². The summed E-state index contributed by atoms with van der Waals surface area (Å²) >= 11 is 1.31. The molecule has 0 amide bonds. The smallest absolute Gasteiger partial charge is 0.252 e. The van der Waals surface area contributed by atoms with Gasteiger partial charge in [-0.2, -0.15) is 4.31 Å². The monoisotopic (exact) mass is 320 g/mol. The van der Waals surface area contributed by atoms with Crippen molar-refractivity contribution in [3.05, 3.63) is 17.0 Å². The Morgan fingerprint density at radius 3 is 2.55 bits per heavy atom. The quantitative estimate of drug-likeness (QED) is 0.795. The first-order chi connectivity index (χ1) is 9.28. The second kappa shape index (κ2) is 7.51. The van der Waals surface area contributed by atoms with Gasteiger partial charge in [0.1, 0.15) is 4.21 Å². The zero-order valence-electron chi connectivity index (χ0n) is 12.7. The van der Waals surface area contributed by atoms with Crippen LogP contribution in [0.5, 0.6) is 0 Å². The molecule has 1 heterocycles. The molecule has 0 bridgehead atoms. The van der Waals surface area contributed by atoms with Crippen LogP contribution in [0.1, 0.15) is 25.6 Å². The summed E-state index contributed by atoms with van der Waals surface area (Å²) in [6.45, 7) is 7.02. The normalized spacial score (nSPS) is 14.2. The molecule has 0 saturated heterocycles. The molecule has 0 radical (unpaired) electrons. The highest BCUT2D eigenvalue weighted by atomic mass is 32.2. The first kappa shape index (κ1) is 17.6. The average molecular weight is 320 g/mol. The van der Waals surface area contributed by atoms with Crippen molar-refractivity contribution >= 4 is 21.4 Å². The highest BCUT2D eigenvalue weighted by Gasteiger charge is 2.26. The number of hydrogen-bond acceptors (Lipinski definition) is 5. The lowest BCUT2D eigenvalue weighted by Crippen LogP contribution is -2.37. The van der Waals surface area contributed by atoms with Crippen LogP contribution in [0.4, 0.5) is 0 Å². The van der Waals surface area contributed by atoms with Crippen LogP contribution in [0.25, 0.3) is 0 Å². The summed E-state index contributed by atoms with van der Waals surface area (Å²) in [6, 6.07) is 3.72. The molecular weight excluding hydrogens is 296 g/mol. The Morgan fingerprint density at radius 2 is 2.00 bits per heavy atom. The molecule has 0 fully saturated rings. The van der Waals surface area contributed by atoms with Crippen LogP contribution in [0, 0.1) is 0 Å². The van der Waals surface area contributed by atoms with E-state index in [1.54, 1.807) is 20.2 Å². The molecule has 1 N–H and O–H groups in total. The molecular formula is C13H24N2O3S2. The van der Waals surface area contributed by atoms with Crippen LogP contribution in [0.2, 0.25) is 0 Å². The Labute approximate surface area is 126 Å². The molecule has 1 aromatic heterocycles. The summed E-state index contributed by atoms with van der Waals surface area (Å²) < 4.78 is 31.7. The van der Waals surface area contributed by atoms with Crippen molar-refractivity contribution in [2.75, 3.05) is 20.8 Å². The molecule has 0 aromatic carbocycles. The molecule has 20 heavy (non-hydrogen) atoms. The second-order valence-corrected chi connectivity index (χ2v) is 8.47. The molecule has 1 unspecified atom stereocenters. The van der Waals surface area contributed by atoms with Gasteiger partial charge >= 0.3 is 0 Å². The molecule has 0 aliphatic rings. The molecule has 5 nitrogen and oxygen atoms in total. The SMILES string of the molecule is COCC(C)N(C)S(=O)(=O)c1ccc(CNC(C)C)s1. The van der Waals surface area contributed by atoms with Crippen molar-refractivity contribution in [1.29, 1.82) is 0 Å². The number of methoxy groups -OCH3 is 1. The lowest BCUT2D eigenvalue weighted by molar-refractivity contribution is 0.149. The van der Waals surface area contributed by atoms with Crippen LogP contribution in [0.15, 0.2) is 16.3 Å². The van der Waals surface area contributed by atoms with Crippen molar-refractivity contribution in [3.8, 4) is 0 Å². The maximum absolute atomic E-state index is 12.5. The van der Waals surface area contributed by atoms with Gasteiger partial charge in [0.05, 0.1) is 6.61 Å². The number of thiophene rings is 1. The zero-order chi connectivity index (χ0) is 15.3. The minimum absolute atomic E-state index is 0.190. The molecule has 1 aromatic rings. The van der Waals surface area contributed by atoms with E-state index in [0.717, 1.165) is 4.88 Å². The van der Waals surface area contributed by atoms with Crippen molar-refractivity contribution in [1.82, 2.24) is 9.62 Å². The third-order valence-electron chi connectivity index (χ3n) is 2.98. The lowest BCUT2D eigenvalue weighted by atomic mass is 10.4. The first-order valence-corrected chi connectivity index (χ1v) is 8.83. The summed E-state index contributed by atoms with van der Waals surface area (Å²) in [6.07, 6.45) is 0. The molecule has 1 atom stereocenters. The maximum Gasteiger partial charge on any atom is 0.252 e. The number of sulfonamides is 1. The number of likely N-dealkylation sites (N-methyl/N-ethyl adjacent to an activating group) is 1. The highest BCUT2D eigenvalue weighted by Crippen LogP contribution is 2.25. The highest BCUT2D eigenvalue weighted by molar-refractivity contribution is 7.91. The minimum Gasteiger partial charge on any atom is -0.383 e. The van der Waals surface area contributed by atoms with Crippen LogP contribution in [-0.2, 0) is 21.3 Å². The van der Waals surface area contributed by atoms with Gasteiger partial charge < -0.3 is 10.1 Å². The predicted octanol–water partition coefficient (Wildman–Crippen LogP) is 1.90. The van der Waals surface area contributed by atoms with E-state index in [2.05, 4.69) is 19.2 Å². The molecule has 116 valence electrons. The molecule has 7 heteroatoms. The van der Waals surface area contributed by atoms with E-state index in [1.165, 1.54) is 15.6 Å². The molecule has 0 aliphatic carbocycles. The lowest BCUT2D eigenvalue weighted by Gasteiger charge is -2.22. The average Bonchev–Trinajstić information content (AvgIpc) is 2.85. The zero-order valence-corrected chi connectivity index (χ0v) is 14.3. The molecule has 1 rings (SSSR count). The Kier molecular flexibility index (Phi) is 6.60. The van der Waals surface area contributed by atoms with E-state index in [9.17, 15) is 8.42 Å². The van der Waals surface area contributed by atoms with Gasteiger partial charge in [-0.3, -0.25) is 0 Å². The molecule has 0 aliphatic heterocycles. The van der Waals surface area contributed by atoms with E-state index < -0.39 is 10.0 Å². The van der Waals surface area contributed by atoms with E-state index in [0.29, 0.717) is 23.4 Å². The Hall–Kier alpha value is -0.470. The number of nitrogens with zero attached hydrogens (tertiary/aromatic N) is 1. The Bertz CT molecular complexity index is 511. The summed E-state index contributed by atoms with van der Waals surface area (Å²) in [7, 11) is -0.279. The first-order valence-electron chi connectivity index (χ1n) is 6.58. The fourth-order valence-electron chi connectivity index (χ4n) is 1.62. The van der Waals surface area contributed by atoms with Crippen LogP contribution >= 0.6 is 11.3 Å². The summed E-state index contributed by atoms with van der Waals surface area (Å²) in [5, 5.41) is 3.28. The second-order valence-electron chi connectivity index (χ2n) is 5.08. The van der Waals surface area contributed by atoms with Crippen LogP contribution < -0.4 is 5.32 Å². The van der Waals surface area contributed by atoms with Gasteiger partial charge in [0.2, 0.25) is 0 Å². The molecule has 0 spiro atoms. The fourth-order valence-corrected chi connectivity index (χ4v) is 4.46. The fraction of sp³-hybridized carbons (Fsp3) is 0.692. The van der Waals surface area contributed by atoms with Crippen LogP contribution in [0.3, 0.4) is 0 Å². The number of rotatable bonds is 8. The minimum atomic E-state index is -3.43. The van der Waals surface area contributed by atoms with Gasteiger partial charge in [-0.1, -0.05) is 13.8 Å². The van der Waals surface area contributed by atoms with Gasteiger partial charge in [-0.05, 0) is 19.1 Å². The van der Waals surface area contributed by atoms with Crippen molar-refractivity contribution in [2.45, 2.75) is 43.6 Å². The summed E-state index contributed by atoms with van der Waals surface area (Å²) in [5.74, 6) is 0. The number of ether oxygens (including phenoxy) is 1. The Morgan fingerprint density at radius 1 is 1.35 bits per heavy atom. The largest absolute Gasteiger partial charge is 0.383 e. The summed E-state index contributed by atoms with van der Waals surface area (Å²) in [5.41, 5.74) is 0. The van der Waals surface area contributed by atoms with Crippen molar-refractivity contribution in [3.63, 3.8) is 0 Å². The van der Waals surface area contributed by atoms with E-state index in [4.69, 9.17) is 4.74 Å². The van der Waals surface area contributed by atoms with Gasteiger partial charge in [-0.15, -0.1) is 11.3 Å². The number of nitrogens with one attached hydrogen (secondary N) is 1.